The van der Waals surface area contributed by atoms with Gasteiger partial charge in [0, 0.05) is 32.4 Å². The summed E-state index contributed by atoms with van der Waals surface area (Å²) in [6, 6.07) is 16.1. The number of amides is 2. The summed E-state index contributed by atoms with van der Waals surface area (Å²) in [5.74, 6) is -0.340. The van der Waals surface area contributed by atoms with Crippen LogP contribution >= 0.6 is 11.6 Å². The topological polar surface area (TPSA) is 67.2 Å². The van der Waals surface area contributed by atoms with E-state index in [-0.39, 0.29) is 11.8 Å². The van der Waals surface area contributed by atoms with Crippen molar-refractivity contribution in [3.63, 3.8) is 0 Å². The molecule has 0 bridgehead atoms. The van der Waals surface area contributed by atoms with Gasteiger partial charge >= 0.3 is 0 Å². The van der Waals surface area contributed by atoms with Crippen molar-refractivity contribution in [2.45, 2.75) is 6.54 Å². The van der Waals surface area contributed by atoms with Crippen LogP contribution in [0.2, 0.25) is 5.02 Å². The molecule has 27 heavy (non-hydrogen) atoms. The highest BCUT2D eigenvalue weighted by Crippen LogP contribution is 2.19. The third-order valence-electron chi connectivity index (χ3n) is 4.12. The van der Waals surface area contributed by atoms with Crippen LogP contribution < -0.4 is 5.32 Å². The maximum absolute atomic E-state index is 12.7. The standard InChI is InChI=1S/C20H19ClN4O2/c1-22-19(26)15-9-7-14(8-10-15)13-24(2)20(27)17-11-12-25(23-17)18-6-4-3-5-16(18)21/h3-12H,13H2,1-2H3,(H,22,26). The highest BCUT2D eigenvalue weighted by molar-refractivity contribution is 6.32. The quantitative estimate of drug-likeness (QED) is 0.737. The van der Waals surface area contributed by atoms with E-state index in [1.807, 2.05) is 30.3 Å². The first-order valence-corrected chi connectivity index (χ1v) is 8.74. The van der Waals surface area contributed by atoms with E-state index in [4.69, 9.17) is 11.6 Å². The number of nitrogens with zero attached hydrogens (tertiary/aromatic N) is 3. The SMILES string of the molecule is CNC(=O)c1ccc(CN(C)C(=O)c2ccn(-c3ccccc3Cl)n2)cc1. The summed E-state index contributed by atoms with van der Waals surface area (Å²) in [5.41, 5.74) is 2.54. The van der Waals surface area contributed by atoms with Gasteiger partial charge in [0.05, 0.1) is 10.7 Å². The molecule has 2 amide bonds. The average Bonchev–Trinajstić information content (AvgIpc) is 3.17. The number of hydrogen-bond acceptors (Lipinski definition) is 3. The van der Waals surface area contributed by atoms with Gasteiger partial charge in [0.2, 0.25) is 0 Å². The first-order chi connectivity index (χ1) is 13.0. The van der Waals surface area contributed by atoms with Crippen LogP contribution in [0.25, 0.3) is 5.69 Å². The molecule has 0 spiro atoms. The molecule has 0 aliphatic carbocycles. The van der Waals surface area contributed by atoms with Crippen LogP contribution in [0, 0.1) is 0 Å². The molecule has 1 N–H and O–H groups in total. The summed E-state index contributed by atoms with van der Waals surface area (Å²) in [7, 11) is 3.30. The number of nitrogens with one attached hydrogen (secondary N) is 1. The Balaban J connectivity index is 1.71. The minimum atomic E-state index is -0.198. The van der Waals surface area contributed by atoms with E-state index >= 15 is 0 Å². The van der Waals surface area contributed by atoms with Crippen molar-refractivity contribution in [3.05, 3.63) is 82.6 Å². The summed E-state index contributed by atoms with van der Waals surface area (Å²) in [5, 5.41) is 7.48. The van der Waals surface area contributed by atoms with Crippen molar-refractivity contribution in [1.82, 2.24) is 20.0 Å². The molecule has 7 heteroatoms. The lowest BCUT2D eigenvalue weighted by Gasteiger charge is -2.16. The fourth-order valence-electron chi connectivity index (χ4n) is 2.66. The number of aromatic nitrogens is 2. The molecular formula is C20H19ClN4O2. The molecule has 0 aliphatic rings. The van der Waals surface area contributed by atoms with E-state index in [0.29, 0.717) is 28.5 Å². The monoisotopic (exact) mass is 382 g/mol. The van der Waals surface area contributed by atoms with E-state index in [1.165, 1.54) is 0 Å². The number of carbonyl (C=O) groups excluding carboxylic acids is 2. The molecule has 1 heterocycles. The smallest absolute Gasteiger partial charge is 0.274 e. The number of benzene rings is 2. The second-order valence-electron chi connectivity index (χ2n) is 6.03. The lowest BCUT2D eigenvalue weighted by atomic mass is 10.1. The molecule has 0 saturated carbocycles. The van der Waals surface area contributed by atoms with Gasteiger partial charge in [-0.3, -0.25) is 9.59 Å². The molecule has 138 valence electrons. The van der Waals surface area contributed by atoms with Crippen molar-refractivity contribution >= 4 is 23.4 Å². The Morgan fingerprint density at radius 1 is 1.11 bits per heavy atom. The Morgan fingerprint density at radius 2 is 1.81 bits per heavy atom. The van der Waals surface area contributed by atoms with E-state index < -0.39 is 0 Å². The van der Waals surface area contributed by atoms with E-state index in [9.17, 15) is 9.59 Å². The van der Waals surface area contributed by atoms with Crippen molar-refractivity contribution in [2.75, 3.05) is 14.1 Å². The summed E-state index contributed by atoms with van der Waals surface area (Å²) in [4.78, 5) is 25.8. The maximum Gasteiger partial charge on any atom is 0.274 e. The number of hydrogen-bond donors (Lipinski definition) is 1. The van der Waals surface area contributed by atoms with Gasteiger partial charge < -0.3 is 10.2 Å². The highest BCUT2D eigenvalue weighted by Gasteiger charge is 2.16. The lowest BCUT2D eigenvalue weighted by Crippen LogP contribution is -2.26. The van der Waals surface area contributed by atoms with Crippen LogP contribution in [0.3, 0.4) is 0 Å². The zero-order chi connectivity index (χ0) is 19.4. The summed E-state index contributed by atoms with van der Waals surface area (Å²) < 4.78 is 1.58. The van der Waals surface area contributed by atoms with Gasteiger partial charge in [0.15, 0.2) is 5.69 Å². The Morgan fingerprint density at radius 3 is 2.48 bits per heavy atom. The molecule has 3 rings (SSSR count). The van der Waals surface area contributed by atoms with Gasteiger partial charge in [-0.2, -0.15) is 5.10 Å². The minimum absolute atomic E-state index is 0.143. The molecule has 6 nitrogen and oxygen atoms in total. The molecule has 1 aromatic heterocycles. The minimum Gasteiger partial charge on any atom is -0.355 e. The molecule has 0 fully saturated rings. The molecule has 0 radical (unpaired) electrons. The first kappa shape index (κ1) is 18.7. The van der Waals surface area contributed by atoms with Gasteiger partial charge in [-0.1, -0.05) is 35.9 Å². The van der Waals surface area contributed by atoms with Crippen LogP contribution in [-0.4, -0.2) is 40.6 Å². The van der Waals surface area contributed by atoms with Crippen LogP contribution in [0.15, 0.2) is 60.8 Å². The Hall–Kier alpha value is -3.12. The van der Waals surface area contributed by atoms with Gasteiger partial charge in [-0.25, -0.2) is 4.68 Å². The van der Waals surface area contributed by atoms with Crippen LogP contribution in [0.1, 0.15) is 26.4 Å². The normalized spacial score (nSPS) is 10.5. The van der Waals surface area contributed by atoms with Crippen LogP contribution in [-0.2, 0) is 6.54 Å². The van der Waals surface area contributed by atoms with Gasteiger partial charge in [-0.05, 0) is 35.9 Å². The van der Waals surface area contributed by atoms with E-state index in [2.05, 4.69) is 10.4 Å². The predicted octanol–water partition coefficient (Wildman–Crippen LogP) is 3.16. The zero-order valence-electron chi connectivity index (χ0n) is 15.0. The Labute approximate surface area is 162 Å². The molecular weight excluding hydrogens is 364 g/mol. The third kappa shape index (κ3) is 4.17. The van der Waals surface area contributed by atoms with Crippen LogP contribution in [0.5, 0.6) is 0 Å². The maximum atomic E-state index is 12.7. The number of carbonyl (C=O) groups is 2. The molecule has 0 saturated heterocycles. The summed E-state index contributed by atoms with van der Waals surface area (Å²) in [6.07, 6.45) is 1.71. The highest BCUT2D eigenvalue weighted by atomic mass is 35.5. The van der Waals surface area contributed by atoms with Gasteiger partial charge in [0.1, 0.15) is 0 Å². The number of rotatable bonds is 5. The molecule has 0 atom stereocenters. The van der Waals surface area contributed by atoms with Crippen molar-refractivity contribution in [3.8, 4) is 5.69 Å². The predicted molar refractivity (Wildman–Crippen MR) is 104 cm³/mol. The van der Waals surface area contributed by atoms with Gasteiger partial charge in [0.25, 0.3) is 11.8 Å². The van der Waals surface area contributed by atoms with Crippen molar-refractivity contribution in [2.24, 2.45) is 0 Å². The van der Waals surface area contributed by atoms with Crippen molar-refractivity contribution in [1.29, 1.82) is 0 Å². The number of halogens is 1. The fourth-order valence-corrected chi connectivity index (χ4v) is 2.88. The molecule has 2 aromatic carbocycles. The summed E-state index contributed by atoms with van der Waals surface area (Å²) in [6.45, 7) is 0.409. The van der Waals surface area contributed by atoms with Gasteiger partial charge in [-0.15, -0.1) is 0 Å². The van der Waals surface area contributed by atoms with Crippen LogP contribution in [0.4, 0.5) is 0 Å². The third-order valence-corrected chi connectivity index (χ3v) is 4.44. The van der Waals surface area contributed by atoms with E-state index in [1.54, 1.807) is 54.1 Å². The Kier molecular flexibility index (Phi) is 5.57. The summed E-state index contributed by atoms with van der Waals surface area (Å²) >= 11 is 6.18. The average molecular weight is 383 g/mol. The zero-order valence-corrected chi connectivity index (χ0v) is 15.8. The molecule has 0 aliphatic heterocycles. The first-order valence-electron chi connectivity index (χ1n) is 8.36. The van der Waals surface area contributed by atoms with E-state index in [0.717, 1.165) is 5.56 Å². The van der Waals surface area contributed by atoms with Crippen molar-refractivity contribution < 1.29 is 9.59 Å². The number of para-hydroxylation sites is 1. The molecule has 3 aromatic rings. The largest absolute Gasteiger partial charge is 0.355 e. The Bertz CT molecular complexity index is 966. The fraction of sp³-hybridized carbons (Fsp3) is 0.150. The lowest BCUT2D eigenvalue weighted by molar-refractivity contribution is 0.0778. The molecule has 0 unspecified atom stereocenters. The second-order valence-corrected chi connectivity index (χ2v) is 6.44. The second kappa shape index (κ2) is 8.05.